The Balaban J connectivity index is 2.05. The van der Waals surface area contributed by atoms with Crippen molar-refractivity contribution in [2.45, 2.75) is 32.6 Å². The van der Waals surface area contributed by atoms with Crippen LogP contribution in [0.2, 0.25) is 0 Å². The first-order chi connectivity index (χ1) is 10.1. The third-order valence-electron chi connectivity index (χ3n) is 4.34. The second-order valence-corrected chi connectivity index (χ2v) is 5.70. The Kier molecular flexibility index (Phi) is 3.53. The number of nitrogens with zero attached hydrogens (tertiary/aromatic N) is 3. The molecule has 1 aromatic carbocycles. The molecule has 0 aromatic heterocycles. The van der Waals surface area contributed by atoms with Crippen molar-refractivity contribution < 1.29 is 9.72 Å². The van der Waals surface area contributed by atoms with Crippen LogP contribution in [0.1, 0.15) is 31.7 Å². The Morgan fingerprint density at radius 1 is 1.14 bits per heavy atom. The third kappa shape index (κ3) is 2.46. The lowest BCUT2D eigenvalue weighted by atomic mass is 10.1. The van der Waals surface area contributed by atoms with Gasteiger partial charge in [-0.2, -0.15) is 0 Å². The quantitative estimate of drug-likeness (QED) is 0.619. The maximum absolute atomic E-state index is 11.6. The highest BCUT2D eigenvalue weighted by atomic mass is 16.6. The topological polar surface area (TPSA) is 66.7 Å². The Bertz CT molecular complexity index is 594. The lowest BCUT2D eigenvalue weighted by Crippen LogP contribution is -2.30. The summed E-state index contributed by atoms with van der Waals surface area (Å²) in [6.45, 7) is 3.86. The summed E-state index contributed by atoms with van der Waals surface area (Å²) in [7, 11) is 0. The molecule has 0 bridgehead atoms. The van der Waals surface area contributed by atoms with Gasteiger partial charge >= 0.3 is 0 Å². The molecule has 0 saturated carbocycles. The summed E-state index contributed by atoms with van der Waals surface area (Å²) in [6, 6.07) is 3.50. The lowest BCUT2D eigenvalue weighted by molar-refractivity contribution is -0.384. The Morgan fingerprint density at radius 2 is 1.86 bits per heavy atom. The minimum atomic E-state index is -0.332. The highest BCUT2D eigenvalue weighted by Crippen LogP contribution is 2.39. The molecule has 1 aromatic rings. The van der Waals surface area contributed by atoms with Gasteiger partial charge in [-0.25, -0.2) is 0 Å². The van der Waals surface area contributed by atoms with E-state index in [1.54, 1.807) is 11.0 Å². The Hall–Kier alpha value is -2.11. The van der Waals surface area contributed by atoms with Crippen molar-refractivity contribution in [3.8, 4) is 0 Å². The van der Waals surface area contributed by atoms with Gasteiger partial charge in [0.1, 0.15) is 5.69 Å². The number of anilines is 2. The minimum absolute atomic E-state index is 0.0613. The first-order valence-corrected chi connectivity index (χ1v) is 7.42. The molecule has 0 radical (unpaired) electrons. The van der Waals surface area contributed by atoms with Gasteiger partial charge in [0, 0.05) is 32.6 Å². The number of carbonyl (C=O) groups excluding carboxylic acids is 1. The Labute approximate surface area is 123 Å². The van der Waals surface area contributed by atoms with Crippen LogP contribution in [-0.4, -0.2) is 30.5 Å². The molecule has 112 valence electrons. The zero-order chi connectivity index (χ0) is 15.0. The second kappa shape index (κ2) is 5.35. The number of benzene rings is 1. The van der Waals surface area contributed by atoms with Crippen LogP contribution >= 0.6 is 0 Å². The molecule has 3 rings (SSSR count). The number of amides is 1. The zero-order valence-corrected chi connectivity index (χ0v) is 12.2. The van der Waals surface area contributed by atoms with Crippen LogP contribution < -0.4 is 9.80 Å². The standard InChI is InChI=1S/C15H19N3O3/c1-11(19)17-8-5-12-9-14(16-6-3-2-4-7-16)15(18(20)21)10-13(12)17/h9-10H,2-8H2,1H3. The normalized spacial score (nSPS) is 17.8. The van der Waals surface area contributed by atoms with Gasteiger partial charge in [0.15, 0.2) is 0 Å². The van der Waals surface area contributed by atoms with E-state index in [2.05, 4.69) is 4.90 Å². The molecule has 6 heteroatoms. The number of fused-ring (bicyclic) bond motifs is 1. The SMILES string of the molecule is CC(=O)N1CCc2cc(N3CCCCC3)c([N+](=O)[O-])cc21. The zero-order valence-electron chi connectivity index (χ0n) is 12.2. The van der Waals surface area contributed by atoms with Gasteiger partial charge in [0.2, 0.25) is 5.91 Å². The van der Waals surface area contributed by atoms with Gasteiger partial charge in [-0.1, -0.05) is 0 Å². The summed E-state index contributed by atoms with van der Waals surface area (Å²) in [5.74, 6) is -0.0613. The number of piperidine rings is 1. The van der Waals surface area contributed by atoms with Crippen molar-refractivity contribution in [2.24, 2.45) is 0 Å². The van der Waals surface area contributed by atoms with E-state index in [1.165, 1.54) is 13.3 Å². The van der Waals surface area contributed by atoms with Crippen LogP contribution in [0.4, 0.5) is 17.1 Å². The molecule has 2 aliphatic rings. The number of nitro groups is 1. The van der Waals surface area contributed by atoms with Gasteiger partial charge in [-0.15, -0.1) is 0 Å². The second-order valence-electron chi connectivity index (χ2n) is 5.70. The molecule has 1 amide bonds. The van der Waals surface area contributed by atoms with Crippen molar-refractivity contribution in [2.75, 3.05) is 29.4 Å². The van der Waals surface area contributed by atoms with Crippen LogP contribution in [0, 0.1) is 10.1 Å². The summed E-state index contributed by atoms with van der Waals surface area (Å²) >= 11 is 0. The third-order valence-corrected chi connectivity index (χ3v) is 4.34. The van der Waals surface area contributed by atoms with Crippen molar-refractivity contribution in [3.63, 3.8) is 0 Å². The van der Waals surface area contributed by atoms with E-state index in [-0.39, 0.29) is 16.5 Å². The molecule has 2 heterocycles. The number of hydrogen-bond donors (Lipinski definition) is 0. The van der Waals surface area contributed by atoms with E-state index >= 15 is 0 Å². The fourth-order valence-electron chi connectivity index (χ4n) is 3.27. The van der Waals surface area contributed by atoms with E-state index in [1.807, 2.05) is 6.07 Å². The van der Waals surface area contributed by atoms with E-state index < -0.39 is 0 Å². The predicted octanol–water partition coefficient (Wildman–Crippen LogP) is 2.49. The van der Waals surface area contributed by atoms with Crippen LogP contribution in [0.25, 0.3) is 0 Å². The molecule has 0 spiro atoms. The van der Waals surface area contributed by atoms with E-state index in [0.717, 1.165) is 37.9 Å². The van der Waals surface area contributed by atoms with Gasteiger partial charge in [-0.3, -0.25) is 14.9 Å². The average molecular weight is 289 g/mol. The molecular weight excluding hydrogens is 270 g/mol. The number of nitro benzene ring substituents is 1. The summed E-state index contributed by atoms with van der Waals surface area (Å²) in [5, 5.41) is 11.4. The average Bonchev–Trinajstić information content (AvgIpc) is 2.89. The molecule has 0 N–H and O–H groups in total. The maximum atomic E-state index is 11.6. The predicted molar refractivity (Wildman–Crippen MR) is 80.9 cm³/mol. The van der Waals surface area contributed by atoms with Gasteiger partial charge in [0.25, 0.3) is 5.69 Å². The van der Waals surface area contributed by atoms with Gasteiger partial charge in [-0.05, 0) is 37.3 Å². The van der Waals surface area contributed by atoms with Crippen LogP contribution in [0.5, 0.6) is 0 Å². The first-order valence-electron chi connectivity index (χ1n) is 7.42. The smallest absolute Gasteiger partial charge is 0.294 e. The molecule has 0 atom stereocenters. The summed E-state index contributed by atoms with van der Waals surface area (Å²) < 4.78 is 0. The number of rotatable bonds is 2. The fourth-order valence-corrected chi connectivity index (χ4v) is 3.27. The molecule has 1 saturated heterocycles. The highest BCUT2D eigenvalue weighted by molar-refractivity contribution is 5.95. The lowest BCUT2D eigenvalue weighted by Gasteiger charge is -2.29. The van der Waals surface area contributed by atoms with E-state index in [0.29, 0.717) is 17.9 Å². The van der Waals surface area contributed by atoms with Gasteiger partial charge < -0.3 is 9.80 Å². The number of hydrogen-bond acceptors (Lipinski definition) is 4. The minimum Gasteiger partial charge on any atom is -0.366 e. The molecular formula is C15H19N3O3. The van der Waals surface area contributed by atoms with E-state index in [4.69, 9.17) is 0 Å². The molecule has 1 fully saturated rings. The molecule has 2 aliphatic heterocycles. The monoisotopic (exact) mass is 289 g/mol. The summed E-state index contributed by atoms with van der Waals surface area (Å²) in [4.78, 5) is 26.4. The van der Waals surface area contributed by atoms with Gasteiger partial charge in [0.05, 0.1) is 10.6 Å². The summed E-state index contributed by atoms with van der Waals surface area (Å²) in [5.41, 5.74) is 2.57. The van der Waals surface area contributed by atoms with Crippen LogP contribution in [0.15, 0.2) is 12.1 Å². The maximum Gasteiger partial charge on any atom is 0.294 e. The van der Waals surface area contributed by atoms with E-state index in [9.17, 15) is 14.9 Å². The molecule has 0 aliphatic carbocycles. The number of carbonyl (C=O) groups is 1. The van der Waals surface area contributed by atoms with Crippen molar-refractivity contribution in [1.29, 1.82) is 0 Å². The molecule has 21 heavy (non-hydrogen) atoms. The fraction of sp³-hybridized carbons (Fsp3) is 0.533. The largest absolute Gasteiger partial charge is 0.366 e. The molecule has 0 unspecified atom stereocenters. The van der Waals surface area contributed by atoms with Crippen molar-refractivity contribution in [3.05, 3.63) is 27.8 Å². The van der Waals surface area contributed by atoms with Crippen molar-refractivity contribution >= 4 is 23.0 Å². The summed E-state index contributed by atoms with van der Waals surface area (Å²) in [6.07, 6.45) is 4.11. The first kappa shape index (κ1) is 13.9. The molecule has 6 nitrogen and oxygen atoms in total. The Morgan fingerprint density at radius 3 is 2.48 bits per heavy atom. The van der Waals surface area contributed by atoms with Crippen molar-refractivity contribution in [1.82, 2.24) is 0 Å². The highest BCUT2D eigenvalue weighted by Gasteiger charge is 2.29. The van der Waals surface area contributed by atoms with Crippen LogP contribution in [0.3, 0.4) is 0 Å². The van der Waals surface area contributed by atoms with Crippen LogP contribution in [-0.2, 0) is 11.2 Å².